The van der Waals surface area contributed by atoms with Crippen LogP contribution in [0.5, 0.6) is 0 Å². The van der Waals surface area contributed by atoms with Gasteiger partial charge in [-0.25, -0.2) is 4.98 Å². The van der Waals surface area contributed by atoms with Crippen LogP contribution in [0.3, 0.4) is 0 Å². The number of hydrogen-bond acceptors (Lipinski definition) is 2. The Bertz CT molecular complexity index is 660. The second-order valence-corrected chi connectivity index (χ2v) is 5.76. The Balaban J connectivity index is 1.70. The minimum atomic E-state index is 0.0260. The monoisotopic (exact) mass is 283 g/mol. The van der Waals surface area contributed by atoms with Crippen LogP contribution in [0.25, 0.3) is 0 Å². The van der Waals surface area contributed by atoms with Gasteiger partial charge in [0, 0.05) is 24.1 Å². The lowest BCUT2D eigenvalue weighted by Gasteiger charge is -2.23. The number of aromatic nitrogens is 2. The third kappa shape index (κ3) is 2.84. The largest absolute Gasteiger partial charge is 0.334 e. The van der Waals surface area contributed by atoms with E-state index in [0.717, 1.165) is 31.5 Å². The van der Waals surface area contributed by atoms with Gasteiger partial charge >= 0.3 is 0 Å². The fraction of sp³-hybridized carbons (Fsp3) is 0.412. The molecule has 1 amide bonds. The lowest BCUT2D eigenvalue weighted by atomic mass is 9.97. The molecule has 1 aliphatic rings. The number of anilines is 1. The van der Waals surface area contributed by atoms with Gasteiger partial charge in [-0.3, -0.25) is 4.79 Å². The van der Waals surface area contributed by atoms with Gasteiger partial charge in [0.1, 0.15) is 0 Å². The van der Waals surface area contributed by atoms with E-state index in [0.29, 0.717) is 0 Å². The highest BCUT2D eigenvalue weighted by molar-refractivity contribution is 5.92. The number of nitrogens with zero attached hydrogens (tertiary/aromatic N) is 2. The number of aryl methyl sites for hydroxylation is 3. The molecule has 1 N–H and O–H groups in total. The van der Waals surface area contributed by atoms with Crippen molar-refractivity contribution in [3.63, 3.8) is 0 Å². The molecule has 2 aromatic rings. The molecule has 0 saturated carbocycles. The topological polar surface area (TPSA) is 46.9 Å². The van der Waals surface area contributed by atoms with E-state index in [-0.39, 0.29) is 11.8 Å². The summed E-state index contributed by atoms with van der Waals surface area (Å²) >= 11 is 0. The van der Waals surface area contributed by atoms with Gasteiger partial charge in [0.25, 0.3) is 0 Å². The number of imidazole rings is 1. The molecule has 4 heteroatoms. The number of carbonyl (C=O) groups is 1. The molecule has 1 aromatic heterocycles. The predicted octanol–water partition coefficient (Wildman–Crippen LogP) is 2.96. The van der Waals surface area contributed by atoms with E-state index in [4.69, 9.17) is 0 Å². The smallest absolute Gasteiger partial charge is 0.229 e. The van der Waals surface area contributed by atoms with Crippen molar-refractivity contribution in [2.45, 2.75) is 39.7 Å². The van der Waals surface area contributed by atoms with Gasteiger partial charge < -0.3 is 9.88 Å². The molecule has 0 aliphatic carbocycles. The first-order chi connectivity index (χ1) is 10.2. The lowest BCUT2D eigenvalue weighted by molar-refractivity contribution is -0.120. The zero-order valence-corrected chi connectivity index (χ0v) is 12.6. The molecule has 3 rings (SSSR count). The van der Waals surface area contributed by atoms with E-state index >= 15 is 0 Å². The summed E-state index contributed by atoms with van der Waals surface area (Å²) < 4.78 is 2.08. The van der Waals surface area contributed by atoms with Crippen molar-refractivity contribution >= 4 is 11.6 Å². The summed E-state index contributed by atoms with van der Waals surface area (Å²) in [4.78, 5) is 16.6. The lowest BCUT2D eigenvalue weighted by Crippen LogP contribution is -2.30. The molecule has 0 fully saturated rings. The van der Waals surface area contributed by atoms with Crippen LogP contribution >= 0.6 is 0 Å². The Hall–Kier alpha value is -2.10. The van der Waals surface area contributed by atoms with Crippen LogP contribution in [0.2, 0.25) is 0 Å². The zero-order chi connectivity index (χ0) is 14.8. The Morgan fingerprint density at radius 1 is 1.48 bits per heavy atom. The van der Waals surface area contributed by atoms with Gasteiger partial charge in [0.15, 0.2) is 0 Å². The average molecular weight is 283 g/mol. The number of benzene rings is 1. The van der Waals surface area contributed by atoms with Crippen LogP contribution in [0.4, 0.5) is 5.69 Å². The third-order valence-electron chi connectivity index (χ3n) is 4.33. The molecule has 1 unspecified atom stereocenters. The Morgan fingerprint density at radius 2 is 2.33 bits per heavy atom. The Labute approximate surface area is 125 Å². The number of fused-ring (bicyclic) bond motifs is 1. The van der Waals surface area contributed by atoms with Crippen molar-refractivity contribution in [3.8, 4) is 0 Å². The highest BCUT2D eigenvalue weighted by Crippen LogP contribution is 2.22. The maximum atomic E-state index is 12.4. The van der Waals surface area contributed by atoms with Crippen molar-refractivity contribution in [2.24, 2.45) is 5.92 Å². The van der Waals surface area contributed by atoms with E-state index in [2.05, 4.69) is 40.8 Å². The standard InChI is InChI=1S/C17H21N3O/c1-3-13-8-15(6-4-12(13)2)19-17(21)14-5-7-16-9-18-11-20(16)10-14/h4,6,8-9,11,14H,3,5,7,10H2,1-2H3,(H,19,21). The number of nitrogens with one attached hydrogen (secondary N) is 1. The van der Waals surface area contributed by atoms with Crippen molar-refractivity contribution < 1.29 is 4.79 Å². The van der Waals surface area contributed by atoms with Crippen LogP contribution < -0.4 is 5.32 Å². The summed E-state index contributed by atoms with van der Waals surface area (Å²) in [5, 5.41) is 3.06. The Morgan fingerprint density at radius 3 is 3.14 bits per heavy atom. The van der Waals surface area contributed by atoms with Crippen molar-refractivity contribution in [3.05, 3.63) is 47.5 Å². The van der Waals surface area contributed by atoms with Crippen LogP contribution in [0.15, 0.2) is 30.7 Å². The SMILES string of the molecule is CCc1cc(NC(=O)C2CCc3cncn3C2)ccc1C. The maximum Gasteiger partial charge on any atom is 0.229 e. The first kappa shape index (κ1) is 13.9. The Kier molecular flexibility index (Phi) is 3.78. The molecule has 0 bridgehead atoms. The van der Waals surface area contributed by atoms with E-state index in [1.807, 2.05) is 18.6 Å². The number of hydrogen-bond donors (Lipinski definition) is 1. The maximum absolute atomic E-state index is 12.4. The summed E-state index contributed by atoms with van der Waals surface area (Å²) in [5.74, 6) is 0.137. The zero-order valence-electron chi connectivity index (χ0n) is 12.6. The minimum Gasteiger partial charge on any atom is -0.334 e. The first-order valence-electron chi connectivity index (χ1n) is 7.56. The molecule has 1 aliphatic heterocycles. The highest BCUT2D eigenvalue weighted by Gasteiger charge is 2.24. The summed E-state index contributed by atoms with van der Waals surface area (Å²) in [6.45, 7) is 4.97. The van der Waals surface area contributed by atoms with Crippen LogP contribution in [0, 0.1) is 12.8 Å². The van der Waals surface area contributed by atoms with E-state index in [1.165, 1.54) is 16.8 Å². The molecule has 0 spiro atoms. The predicted molar refractivity (Wildman–Crippen MR) is 83.2 cm³/mol. The number of carbonyl (C=O) groups excluding carboxylic acids is 1. The van der Waals surface area contributed by atoms with Gasteiger partial charge in [0.05, 0.1) is 12.2 Å². The van der Waals surface area contributed by atoms with Crippen LogP contribution in [-0.4, -0.2) is 15.5 Å². The van der Waals surface area contributed by atoms with Crippen molar-refractivity contribution in [1.82, 2.24) is 9.55 Å². The summed E-state index contributed by atoms with van der Waals surface area (Å²) in [5.41, 5.74) is 4.69. The molecule has 1 aromatic carbocycles. The minimum absolute atomic E-state index is 0.0260. The normalized spacial score (nSPS) is 17.3. The molecule has 0 saturated heterocycles. The van der Waals surface area contributed by atoms with E-state index < -0.39 is 0 Å². The molecule has 2 heterocycles. The van der Waals surface area contributed by atoms with Crippen LogP contribution in [-0.2, 0) is 24.2 Å². The highest BCUT2D eigenvalue weighted by atomic mass is 16.1. The van der Waals surface area contributed by atoms with E-state index in [1.54, 1.807) is 0 Å². The molecule has 4 nitrogen and oxygen atoms in total. The summed E-state index contributed by atoms with van der Waals surface area (Å²) in [7, 11) is 0. The molecule has 110 valence electrons. The second kappa shape index (κ2) is 5.72. The van der Waals surface area contributed by atoms with Gasteiger partial charge in [-0.1, -0.05) is 13.0 Å². The first-order valence-corrected chi connectivity index (χ1v) is 7.56. The van der Waals surface area contributed by atoms with Gasteiger partial charge in [-0.2, -0.15) is 0 Å². The van der Waals surface area contributed by atoms with Gasteiger partial charge in [0.2, 0.25) is 5.91 Å². The number of amides is 1. The summed E-state index contributed by atoms with van der Waals surface area (Å²) in [6.07, 6.45) is 6.51. The molecule has 0 radical (unpaired) electrons. The van der Waals surface area contributed by atoms with E-state index in [9.17, 15) is 4.79 Å². The third-order valence-corrected chi connectivity index (χ3v) is 4.33. The molecular weight excluding hydrogens is 262 g/mol. The van der Waals surface area contributed by atoms with Gasteiger partial charge in [-0.05, 0) is 49.4 Å². The quantitative estimate of drug-likeness (QED) is 0.941. The van der Waals surface area contributed by atoms with Gasteiger partial charge in [-0.15, -0.1) is 0 Å². The summed E-state index contributed by atoms with van der Waals surface area (Å²) in [6, 6.07) is 6.14. The van der Waals surface area contributed by atoms with Crippen molar-refractivity contribution in [1.29, 1.82) is 0 Å². The molecular formula is C17H21N3O. The molecule has 21 heavy (non-hydrogen) atoms. The average Bonchev–Trinajstić information content (AvgIpc) is 2.96. The fourth-order valence-corrected chi connectivity index (χ4v) is 2.96. The fourth-order valence-electron chi connectivity index (χ4n) is 2.96. The van der Waals surface area contributed by atoms with Crippen LogP contribution in [0.1, 0.15) is 30.2 Å². The van der Waals surface area contributed by atoms with Crippen molar-refractivity contribution in [2.75, 3.05) is 5.32 Å². The second-order valence-electron chi connectivity index (χ2n) is 5.76. The molecule has 1 atom stereocenters. The number of rotatable bonds is 3.